The second kappa shape index (κ2) is 28.7. The number of aromatic nitrogens is 6. The zero-order chi connectivity index (χ0) is 51.1. The quantitative estimate of drug-likeness (QED) is 0.0193. The van der Waals surface area contributed by atoms with Crippen molar-refractivity contribution in [2.24, 2.45) is 0 Å². The Kier molecular flexibility index (Phi) is 25.4. The summed E-state index contributed by atoms with van der Waals surface area (Å²) in [6.07, 6.45) is 2.34. The number of rotatable bonds is 20. The molecular weight excluding hydrogens is 1110 g/mol. The molecule has 0 unspecified atom stereocenters. The Bertz CT molecular complexity index is 3420. The zero-order valence-electron chi connectivity index (χ0n) is 40.5. The van der Waals surface area contributed by atoms with Crippen LogP contribution in [0, 0.1) is 0 Å². The Morgan fingerprint density at radius 1 is 0.493 bits per heavy atom. The summed E-state index contributed by atoms with van der Waals surface area (Å²) in [6, 6.07) is 17.3. The van der Waals surface area contributed by atoms with Crippen LogP contribution in [-0.2, 0) is 45.2 Å². The Morgan fingerprint density at radius 2 is 0.840 bits per heavy atom. The van der Waals surface area contributed by atoms with Crippen molar-refractivity contribution in [3.63, 3.8) is 0 Å². The van der Waals surface area contributed by atoms with Crippen molar-refractivity contribution in [2.45, 2.75) is 19.6 Å². The summed E-state index contributed by atoms with van der Waals surface area (Å²) >= 11 is 0. The minimum Gasteiger partial charge on any atom is -0.395 e. The fraction of sp³-hybridized carbons (Fsp3) is 0.200. The van der Waals surface area contributed by atoms with Gasteiger partial charge in [-0.2, -0.15) is 63.6 Å². The van der Waals surface area contributed by atoms with Gasteiger partial charge in [0.1, 0.15) is 9.79 Å². The van der Waals surface area contributed by atoms with Crippen LogP contribution in [0.1, 0.15) is 11.1 Å². The predicted molar refractivity (Wildman–Crippen MR) is 256 cm³/mol. The van der Waals surface area contributed by atoms with Crippen molar-refractivity contribution in [1.29, 1.82) is 0 Å². The topological polar surface area (TPSA) is 399 Å². The van der Waals surface area contributed by atoms with Gasteiger partial charge in [0.05, 0.1) is 36.2 Å². The van der Waals surface area contributed by atoms with Crippen LogP contribution in [0.5, 0.6) is 0 Å². The third-order valence-corrected chi connectivity index (χ3v) is 13.5. The van der Waals surface area contributed by atoms with E-state index in [0.717, 1.165) is 36.4 Å². The standard InChI is InChI=1S/C40H42N12O15S4.4Na/c53-19-15-51(16-20-54)39-47-35(41-27-7-11-31(12-8-27)68(55,56)57)45-37(49-39)43-29-5-3-25(33(23-29)70(61,62)63)1-2-26-4-6-30(24-34(26)71(64,65)66)44-38-46-36(48-40(50-38)52-17-21-67-22-18-52)42-28-9-13-32(14-10-28)69(58,59)60;;;;/h1-14,23-24,53-54H,15-22H2,(H,55,56,57)(H,58,59,60)(H,61,62,63)(H,64,65,66)(H2,41,43,45,47,49)(H2,42,44,46,48,50);;;;/q;4*+1/b2-1+;;;;. The van der Waals surface area contributed by atoms with Gasteiger partial charge < -0.3 is 46.0 Å². The number of anilines is 10. The van der Waals surface area contributed by atoms with E-state index in [1.54, 1.807) is 4.90 Å². The number of morpholine rings is 1. The predicted octanol–water partition coefficient (Wildman–Crippen LogP) is -9.17. The third kappa shape index (κ3) is 18.8. The van der Waals surface area contributed by atoms with Gasteiger partial charge in [-0.05, 0) is 83.9 Å². The summed E-state index contributed by atoms with van der Waals surface area (Å²) in [6.45, 7) is 0.776. The van der Waals surface area contributed by atoms with Crippen LogP contribution in [0.25, 0.3) is 12.2 Å². The molecule has 35 heteroatoms. The van der Waals surface area contributed by atoms with Crippen molar-refractivity contribution in [3.05, 3.63) is 96.1 Å². The first-order valence-corrected chi connectivity index (χ1v) is 26.3. The molecule has 1 fully saturated rings. The first-order valence-electron chi connectivity index (χ1n) is 20.5. The van der Waals surface area contributed by atoms with Crippen LogP contribution in [-0.4, -0.2) is 145 Å². The molecule has 0 aliphatic carbocycles. The minimum atomic E-state index is -5.00. The van der Waals surface area contributed by atoms with E-state index >= 15 is 0 Å². The molecule has 1 saturated heterocycles. The number of ether oxygens (including phenoxy) is 1. The summed E-state index contributed by atoms with van der Waals surface area (Å²) in [5.74, 6) is -0.318. The normalized spacial score (nSPS) is 12.8. The number of nitrogens with zero attached hydrogens (tertiary/aromatic N) is 8. The van der Waals surface area contributed by atoms with Crippen LogP contribution in [0.2, 0.25) is 0 Å². The summed E-state index contributed by atoms with van der Waals surface area (Å²) < 4.78 is 142. The number of nitrogens with one attached hydrogen (secondary N) is 4. The first-order chi connectivity index (χ1) is 33.5. The Labute approximate surface area is 519 Å². The number of aliphatic hydroxyl groups is 2. The summed E-state index contributed by atoms with van der Waals surface area (Å²) in [7, 11) is -18.9. The van der Waals surface area contributed by atoms with Gasteiger partial charge in [-0.25, -0.2) is 0 Å². The van der Waals surface area contributed by atoms with Gasteiger partial charge in [-0.15, -0.1) is 0 Å². The van der Waals surface area contributed by atoms with E-state index in [4.69, 9.17) is 4.74 Å². The summed E-state index contributed by atoms with van der Waals surface area (Å²) in [4.78, 5) is 27.4. The van der Waals surface area contributed by atoms with E-state index in [2.05, 4.69) is 51.2 Å². The average Bonchev–Trinajstić information content (AvgIpc) is 3.30. The largest absolute Gasteiger partial charge is 1.00 e. The van der Waals surface area contributed by atoms with Crippen molar-refractivity contribution in [1.82, 2.24) is 29.9 Å². The fourth-order valence-corrected chi connectivity index (χ4v) is 9.00. The second-order valence-corrected chi connectivity index (χ2v) is 20.5. The molecule has 27 nitrogen and oxygen atoms in total. The second-order valence-electron chi connectivity index (χ2n) is 14.9. The average molecular weight is 1150 g/mol. The molecule has 6 aromatic rings. The van der Waals surface area contributed by atoms with Gasteiger partial charge in [0.2, 0.25) is 35.7 Å². The number of hydrogen-bond donors (Lipinski definition) is 10. The van der Waals surface area contributed by atoms with Crippen molar-refractivity contribution in [2.75, 3.05) is 83.7 Å². The van der Waals surface area contributed by atoms with E-state index in [9.17, 15) is 62.1 Å². The minimum absolute atomic E-state index is 0. The van der Waals surface area contributed by atoms with Crippen LogP contribution < -0.4 is 149 Å². The maximum absolute atomic E-state index is 12.8. The SMILES string of the molecule is O=S(=O)(O)c1ccc(Nc2nc(Nc3ccc(/C=C/c4ccc(Nc5nc(Nc6ccc(S(=O)(=O)O)cc6)nc(N6CCOCC6)n5)cc4S(=O)(=O)O)c(S(=O)(=O)O)c3)nc(N(CCO)CCO)n2)cc1.[Na+].[Na+].[Na+].[Na+]. The molecule has 10 N–H and O–H groups in total. The molecule has 75 heavy (non-hydrogen) atoms. The molecule has 1 aliphatic heterocycles. The van der Waals surface area contributed by atoms with Gasteiger partial charge in [0, 0.05) is 48.9 Å². The van der Waals surface area contributed by atoms with Crippen LogP contribution >= 0.6 is 0 Å². The number of benzene rings is 4. The molecule has 7 rings (SSSR count). The molecule has 0 saturated carbocycles. The van der Waals surface area contributed by atoms with Crippen molar-refractivity contribution in [3.8, 4) is 0 Å². The van der Waals surface area contributed by atoms with Gasteiger partial charge in [-0.3, -0.25) is 18.2 Å². The Balaban J connectivity index is 0.00000371. The van der Waals surface area contributed by atoms with Crippen molar-refractivity contribution >= 4 is 111 Å². The smallest absolute Gasteiger partial charge is 0.395 e. The van der Waals surface area contributed by atoms with Crippen LogP contribution in [0.15, 0.2) is 105 Å². The van der Waals surface area contributed by atoms with Crippen LogP contribution in [0.4, 0.5) is 58.4 Å². The summed E-state index contributed by atoms with van der Waals surface area (Å²) in [5.41, 5.74) is 0.409. The van der Waals surface area contributed by atoms with Gasteiger partial charge in [0.25, 0.3) is 40.5 Å². The summed E-state index contributed by atoms with van der Waals surface area (Å²) in [5, 5.41) is 30.8. The van der Waals surface area contributed by atoms with Crippen LogP contribution in [0.3, 0.4) is 0 Å². The van der Waals surface area contributed by atoms with Gasteiger partial charge >= 0.3 is 118 Å². The molecule has 0 spiro atoms. The molecule has 0 amide bonds. The molecule has 0 radical (unpaired) electrons. The van der Waals surface area contributed by atoms with E-state index in [1.165, 1.54) is 65.6 Å². The fourth-order valence-electron chi connectivity index (χ4n) is 6.62. The van der Waals surface area contributed by atoms with E-state index in [-0.39, 0.29) is 218 Å². The van der Waals surface area contributed by atoms with E-state index in [1.807, 2.05) is 0 Å². The Morgan fingerprint density at radius 3 is 1.19 bits per heavy atom. The molecular formula is C40H42N12Na4O15S4+4. The maximum Gasteiger partial charge on any atom is 1.00 e. The van der Waals surface area contributed by atoms with Gasteiger partial charge in [-0.1, -0.05) is 24.3 Å². The maximum atomic E-state index is 12.8. The molecule has 0 atom stereocenters. The van der Waals surface area contributed by atoms with E-state index < -0.39 is 50.3 Å². The third-order valence-electron chi connectivity index (χ3n) is 9.92. The monoisotopic (exact) mass is 1150 g/mol. The van der Waals surface area contributed by atoms with E-state index in [0.29, 0.717) is 32.0 Å². The zero-order valence-corrected chi connectivity index (χ0v) is 51.7. The molecule has 376 valence electrons. The molecule has 1 aliphatic rings. The molecule has 2 aromatic heterocycles. The Hall–Kier alpha value is -3.04. The van der Waals surface area contributed by atoms with Gasteiger partial charge in [0.15, 0.2) is 0 Å². The first kappa shape index (κ1) is 66.2. The van der Waals surface area contributed by atoms with Crippen molar-refractivity contribution < 1.29 is 185 Å². The molecule has 4 aromatic carbocycles. The molecule has 3 heterocycles. The number of hydrogen-bond acceptors (Lipinski definition) is 23. The number of aliphatic hydroxyl groups excluding tert-OH is 2. The molecule has 0 bridgehead atoms.